The summed E-state index contributed by atoms with van der Waals surface area (Å²) in [6.07, 6.45) is 3.74. The summed E-state index contributed by atoms with van der Waals surface area (Å²) in [5, 5.41) is 11.7. The average Bonchev–Trinajstić information content (AvgIpc) is 3.39. The van der Waals surface area contributed by atoms with Crippen LogP contribution in [0.5, 0.6) is 11.5 Å². The van der Waals surface area contributed by atoms with Crippen molar-refractivity contribution in [2.75, 3.05) is 20.0 Å². The Morgan fingerprint density at radius 2 is 1.44 bits per heavy atom. The summed E-state index contributed by atoms with van der Waals surface area (Å²) in [5.41, 5.74) is 7.21. The van der Waals surface area contributed by atoms with Gasteiger partial charge in [0, 0.05) is 6.54 Å². The number of nitrogens with two attached hydrogens (primary N) is 1. The Morgan fingerprint density at radius 1 is 0.897 bits per heavy atom. The number of ether oxygens (including phenoxy) is 2. The molecule has 5 aromatic rings. The van der Waals surface area contributed by atoms with Crippen molar-refractivity contribution in [1.82, 2.24) is 19.5 Å². The molecule has 0 saturated carbocycles. The average molecular weight is 528 g/mol. The van der Waals surface area contributed by atoms with Crippen LogP contribution in [0.2, 0.25) is 0 Å². The maximum Gasteiger partial charge on any atom is 0.280 e. The van der Waals surface area contributed by atoms with Crippen LogP contribution in [0.25, 0.3) is 11.2 Å². The van der Waals surface area contributed by atoms with Gasteiger partial charge in [0.1, 0.15) is 17.1 Å². The van der Waals surface area contributed by atoms with Gasteiger partial charge in [0.15, 0.2) is 11.2 Å². The predicted molar refractivity (Wildman–Crippen MR) is 152 cm³/mol. The summed E-state index contributed by atoms with van der Waals surface area (Å²) >= 11 is 0. The van der Waals surface area contributed by atoms with E-state index >= 15 is 0 Å². The van der Waals surface area contributed by atoms with Gasteiger partial charge in [-0.2, -0.15) is 4.98 Å². The summed E-state index contributed by atoms with van der Waals surface area (Å²) in [4.78, 5) is 21.9. The molecule has 0 fully saturated rings. The topological polar surface area (TPSA) is 128 Å². The third-order valence-corrected chi connectivity index (χ3v) is 6.45. The minimum atomic E-state index is -1.25. The smallest absolute Gasteiger partial charge is 0.280 e. The van der Waals surface area contributed by atoms with Gasteiger partial charge < -0.3 is 24.9 Å². The van der Waals surface area contributed by atoms with Gasteiger partial charge in [0.25, 0.3) is 5.56 Å². The van der Waals surface area contributed by atoms with E-state index in [4.69, 9.17) is 15.2 Å². The monoisotopic (exact) mass is 527 g/mol. The lowest BCUT2D eigenvalue weighted by Gasteiger charge is -2.30. The van der Waals surface area contributed by atoms with E-state index < -0.39 is 5.60 Å². The Hall–Kier alpha value is -4.63. The highest BCUT2D eigenvalue weighted by Gasteiger charge is 2.33. The molecule has 0 aliphatic heterocycles. The third kappa shape index (κ3) is 5.94. The first-order valence-corrected chi connectivity index (χ1v) is 12.7. The molecular weight excluding hydrogens is 494 g/mol. The number of nitrogens with zero attached hydrogens (tertiary/aromatic N) is 3. The molecule has 0 aliphatic rings. The summed E-state index contributed by atoms with van der Waals surface area (Å²) in [7, 11) is 3.25. The van der Waals surface area contributed by atoms with Gasteiger partial charge in [-0.1, -0.05) is 67.9 Å². The number of rotatable bonds is 8. The number of anilines is 1. The fraction of sp³-hybridized carbons (Fsp3) is 0.233. The van der Waals surface area contributed by atoms with Crippen molar-refractivity contribution in [3.05, 3.63) is 112 Å². The zero-order valence-electron chi connectivity index (χ0n) is 22.3. The third-order valence-electron chi connectivity index (χ3n) is 6.45. The first-order valence-electron chi connectivity index (χ1n) is 12.7. The summed E-state index contributed by atoms with van der Waals surface area (Å²) in [6.45, 7) is 2.91. The molecule has 0 saturated heterocycles. The van der Waals surface area contributed by atoms with Crippen LogP contribution in [0.3, 0.4) is 0 Å². The van der Waals surface area contributed by atoms with Gasteiger partial charge in [-0.05, 0) is 47.4 Å². The number of H-pyrrole nitrogens is 1. The van der Waals surface area contributed by atoms with E-state index in [2.05, 4.69) is 21.9 Å². The SMILES string of the molecule is CCCCn1cnc2c(=O)[nH]c(N)nc21.COc1ccc(C(O)(c2ccccc2)c2ccc(OC)cc2)cc1. The highest BCUT2D eigenvalue weighted by Crippen LogP contribution is 2.37. The van der Waals surface area contributed by atoms with E-state index in [9.17, 15) is 9.90 Å². The fourth-order valence-corrected chi connectivity index (χ4v) is 4.31. The highest BCUT2D eigenvalue weighted by atomic mass is 16.5. The Balaban J connectivity index is 0.000000202. The van der Waals surface area contributed by atoms with Crippen molar-refractivity contribution >= 4 is 17.1 Å². The van der Waals surface area contributed by atoms with Crippen LogP contribution in [-0.2, 0) is 12.1 Å². The molecule has 0 aliphatic carbocycles. The first kappa shape index (κ1) is 27.4. The van der Waals surface area contributed by atoms with Gasteiger partial charge in [-0.15, -0.1) is 0 Å². The largest absolute Gasteiger partial charge is 0.497 e. The number of imidazole rings is 1. The standard InChI is InChI=1S/C21H20O3.C9H13N5O/c1-23-19-12-8-17(9-13-19)21(22,16-6-4-3-5-7-16)18-10-14-20(24-2)15-11-18;1-2-3-4-14-5-11-6-7(14)12-9(10)13-8(6)15/h3-15,22H,1-2H3;5H,2-4H2,1H3,(H3,10,12,13,15). The molecule has 0 amide bonds. The van der Waals surface area contributed by atoms with Gasteiger partial charge in [0.2, 0.25) is 5.95 Å². The Kier molecular flexibility index (Phi) is 8.63. The number of aryl methyl sites for hydroxylation is 1. The summed E-state index contributed by atoms with van der Waals surface area (Å²) in [5.74, 6) is 1.64. The molecule has 9 nitrogen and oxygen atoms in total. The van der Waals surface area contributed by atoms with Gasteiger partial charge in [-0.3, -0.25) is 9.78 Å². The lowest BCUT2D eigenvalue weighted by molar-refractivity contribution is 0.125. The number of nitrogen functional groups attached to an aromatic ring is 1. The van der Waals surface area contributed by atoms with Crippen molar-refractivity contribution in [1.29, 1.82) is 0 Å². The molecule has 0 atom stereocenters. The number of aliphatic hydroxyl groups is 1. The van der Waals surface area contributed by atoms with Crippen LogP contribution in [0, 0.1) is 0 Å². The number of unbranched alkanes of at least 4 members (excludes halogenated alkanes) is 1. The van der Waals surface area contributed by atoms with E-state index in [0.29, 0.717) is 11.2 Å². The molecular formula is C30H33N5O4. The lowest BCUT2D eigenvalue weighted by Crippen LogP contribution is -2.28. The number of hydrogen-bond donors (Lipinski definition) is 3. The van der Waals surface area contributed by atoms with Gasteiger partial charge >= 0.3 is 0 Å². The molecule has 0 radical (unpaired) electrons. The second kappa shape index (κ2) is 12.3. The normalized spacial score (nSPS) is 11.1. The molecule has 3 aromatic carbocycles. The first-order chi connectivity index (χ1) is 18.9. The Labute approximate surface area is 226 Å². The molecule has 5 rings (SSSR count). The molecule has 2 heterocycles. The molecule has 9 heteroatoms. The molecule has 39 heavy (non-hydrogen) atoms. The minimum absolute atomic E-state index is 0.130. The molecule has 202 valence electrons. The number of hydrogen-bond acceptors (Lipinski definition) is 7. The number of benzene rings is 3. The lowest BCUT2D eigenvalue weighted by atomic mass is 9.80. The number of fused-ring (bicyclic) bond motifs is 1. The van der Waals surface area contributed by atoms with Crippen LogP contribution in [0.15, 0.2) is 90.0 Å². The summed E-state index contributed by atoms with van der Waals surface area (Å²) < 4.78 is 12.3. The second-order valence-electron chi connectivity index (χ2n) is 8.95. The van der Waals surface area contributed by atoms with Crippen LogP contribution in [0.1, 0.15) is 36.5 Å². The fourth-order valence-electron chi connectivity index (χ4n) is 4.31. The van der Waals surface area contributed by atoms with Crippen LogP contribution < -0.4 is 20.8 Å². The zero-order chi connectivity index (χ0) is 27.8. The van der Waals surface area contributed by atoms with Crippen molar-refractivity contribution in [3.8, 4) is 11.5 Å². The molecule has 0 spiro atoms. The maximum absolute atomic E-state index is 11.7. The van der Waals surface area contributed by atoms with Crippen LogP contribution in [0.4, 0.5) is 5.95 Å². The summed E-state index contributed by atoms with van der Waals surface area (Å²) in [6, 6.07) is 24.6. The van der Waals surface area contributed by atoms with Crippen molar-refractivity contribution in [2.24, 2.45) is 0 Å². The predicted octanol–water partition coefficient (Wildman–Crippen LogP) is 4.49. The van der Waals surface area contributed by atoms with E-state index in [1.807, 2.05) is 83.4 Å². The highest BCUT2D eigenvalue weighted by molar-refractivity contribution is 5.70. The number of methoxy groups -OCH3 is 2. The minimum Gasteiger partial charge on any atom is -0.497 e. The number of aromatic nitrogens is 4. The van der Waals surface area contributed by atoms with Gasteiger partial charge in [-0.25, -0.2) is 4.98 Å². The van der Waals surface area contributed by atoms with E-state index in [-0.39, 0.29) is 11.5 Å². The van der Waals surface area contributed by atoms with Crippen LogP contribution >= 0.6 is 0 Å². The molecule has 2 aromatic heterocycles. The van der Waals surface area contributed by atoms with Crippen molar-refractivity contribution in [3.63, 3.8) is 0 Å². The Morgan fingerprint density at radius 3 is 1.95 bits per heavy atom. The van der Waals surface area contributed by atoms with Crippen LogP contribution in [-0.4, -0.2) is 38.8 Å². The molecule has 0 unspecified atom stereocenters. The van der Waals surface area contributed by atoms with E-state index in [0.717, 1.165) is 47.6 Å². The molecule has 4 N–H and O–H groups in total. The molecule has 0 bridgehead atoms. The number of nitrogens with one attached hydrogen (secondary N) is 1. The van der Waals surface area contributed by atoms with Crippen molar-refractivity contribution < 1.29 is 14.6 Å². The van der Waals surface area contributed by atoms with Gasteiger partial charge in [0.05, 0.1) is 20.5 Å². The quantitative estimate of drug-likeness (QED) is 0.254. The maximum atomic E-state index is 11.7. The second-order valence-corrected chi connectivity index (χ2v) is 8.95. The number of aromatic amines is 1. The Bertz CT molecular complexity index is 1500. The zero-order valence-corrected chi connectivity index (χ0v) is 22.3. The van der Waals surface area contributed by atoms with E-state index in [1.54, 1.807) is 20.5 Å². The van der Waals surface area contributed by atoms with E-state index in [1.165, 1.54) is 0 Å². The van der Waals surface area contributed by atoms with Crippen molar-refractivity contribution in [2.45, 2.75) is 31.9 Å².